The lowest BCUT2D eigenvalue weighted by Gasteiger charge is -2.26. The Kier molecular flexibility index (Phi) is 3.41. The molecule has 2 aromatic rings. The molecule has 1 fully saturated rings. The minimum absolute atomic E-state index is 0.120. The highest BCUT2D eigenvalue weighted by Gasteiger charge is 2.24. The van der Waals surface area contributed by atoms with Crippen molar-refractivity contribution < 1.29 is 0 Å². The summed E-state index contributed by atoms with van der Waals surface area (Å²) in [6, 6.07) is 10.9. The predicted octanol–water partition coefficient (Wildman–Crippen LogP) is 4.52. The van der Waals surface area contributed by atoms with E-state index in [9.17, 15) is 0 Å². The van der Waals surface area contributed by atoms with Gasteiger partial charge in [0.2, 0.25) is 0 Å². The zero-order chi connectivity index (χ0) is 14.2. The normalized spacial score (nSPS) is 16.1. The molecule has 0 spiro atoms. The molecule has 0 radical (unpaired) electrons. The van der Waals surface area contributed by atoms with E-state index in [1.165, 1.54) is 29.3 Å². The Morgan fingerprint density at radius 3 is 2.55 bits per heavy atom. The lowest BCUT2D eigenvalue weighted by Crippen LogP contribution is -2.23. The van der Waals surface area contributed by atoms with Gasteiger partial charge >= 0.3 is 0 Å². The molecule has 0 bridgehead atoms. The predicted molar refractivity (Wildman–Crippen MR) is 86.5 cm³/mol. The van der Waals surface area contributed by atoms with Crippen molar-refractivity contribution in [1.82, 2.24) is 4.98 Å². The van der Waals surface area contributed by atoms with Crippen LogP contribution in [-0.4, -0.2) is 18.1 Å². The molecule has 2 heteroatoms. The maximum Gasteiger partial charge on any atom is 0.129 e. The fraction of sp³-hybridized carbons (Fsp3) is 0.500. The average molecular weight is 268 g/mol. The monoisotopic (exact) mass is 268 g/mol. The van der Waals surface area contributed by atoms with Crippen LogP contribution in [0.25, 0.3) is 10.8 Å². The number of aromatic nitrogens is 1. The van der Waals surface area contributed by atoms with Crippen molar-refractivity contribution in [2.24, 2.45) is 0 Å². The van der Waals surface area contributed by atoms with Gasteiger partial charge in [0.15, 0.2) is 0 Å². The van der Waals surface area contributed by atoms with Gasteiger partial charge in [-0.15, -0.1) is 0 Å². The second-order valence-corrected chi connectivity index (χ2v) is 6.48. The summed E-state index contributed by atoms with van der Waals surface area (Å²) in [7, 11) is 0. The van der Waals surface area contributed by atoms with E-state index < -0.39 is 0 Å². The third-order valence-corrected chi connectivity index (χ3v) is 4.68. The van der Waals surface area contributed by atoms with E-state index in [0.29, 0.717) is 0 Å². The highest BCUT2D eigenvalue weighted by atomic mass is 15.2. The van der Waals surface area contributed by atoms with Gasteiger partial charge in [-0.2, -0.15) is 0 Å². The molecule has 0 N–H and O–H groups in total. The van der Waals surface area contributed by atoms with Gasteiger partial charge in [-0.25, -0.2) is 4.98 Å². The van der Waals surface area contributed by atoms with Crippen LogP contribution >= 0.6 is 0 Å². The Bertz CT molecular complexity index is 610. The summed E-state index contributed by atoms with van der Waals surface area (Å²) in [5.74, 6) is 1.16. The van der Waals surface area contributed by atoms with Crippen molar-refractivity contribution >= 4 is 16.6 Å². The van der Waals surface area contributed by atoms with E-state index in [2.05, 4.69) is 56.0 Å². The van der Waals surface area contributed by atoms with E-state index in [-0.39, 0.29) is 5.41 Å². The Labute approximate surface area is 121 Å². The third-order valence-electron chi connectivity index (χ3n) is 4.68. The largest absolute Gasteiger partial charge is 0.357 e. The molecule has 1 aliphatic heterocycles. The summed E-state index contributed by atoms with van der Waals surface area (Å²) in [5, 5.41) is 2.63. The van der Waals surface area contributed by atoms with Crippen molar-refractivity contribution in [3.05, 3.63) is 36.0 Å². The van der Waals surface area contributed by atoms with E-state index in [4.69, 9.17) is 4.98 Å². The van der Waals surface area contributed by atoms with Crippen LogP contribution in [0.4, 0.5) is 5.82 Å². The highest BCUT2D eigenvalue weighted by Crippen LogP contribution is 2.34. The molecule has 0 atom stereocenters. The van der Waals surface area contributed by atoms with E-state index >= 15 is 0 Å². The smallest absolute Gasteiger partial charge is 0.129 e. The summed E-state index contributed by atoms with van der Waals surface area (Å²) in [6.07, 6.45) is 3.69. The third kappa shape index (κ3) is 2.28. The maximum absolute atomic E-state index is 5.05. The van der Waals surface area contributed by atoms with Gasteiger partial charge in [0.05, 0.1) is 5.69 Å². The first kappa shape index (κ1) is 13.4. The number of hydrogen-bond donors (Lipinski definition) is 0. The lowest BCUT2D eigenvalue weighted by molar-refractivity contribution is 0.495. The first-order valence-corrected chi connectivity index (χ1v) is 7.77. The first-order valence-electron chi connectivity index (χ1n) is 7.77. The molecule has 0 amide bonds. The first-order chi connectivity index (χ1) is 9.62. The van der Waals surface area contributed by atoms with Crippen molar-refractivity contribution in [3.8, 4) is 0 Å². The molecule has 0 unspecified atom stereocenters. The molecule has 20 heavy (non-hydrogen) atoms. The SMILES string of the molecule is CCC(C)(C)c1nc(N2CCCC2)cc2ccccc12. The average Bonchev–Trinajstić information content (AvgIpc) is 3.00. The van der Waals surface area contributed by atoms with Crippen LogP contribution < -0.4 is 4.90 Å². The fourth-order valence-corrected chi connectivity index (χ4v) is 2.98. The lowest BCUT2D eigenvalue weighted by atomic mass is 9.83. The van der Waals surface area contributed by atoms with Crippen LogP contribution in [0.5, 0.6) is 0 Å². The summed E-state index contributed by atoms with van der Waals surface area (Å²) in [5.41, 5.74) is 1.37. The minimum Gasteiger partial charge on any atom is -0.357 e. The van der Waals surface area contributed by atoms with Crippen molar-refractivity contribution in [3.63, 3.8) is 0 Å². The highest BCUT2D eigenvalue weighted by molar-refractivity contribution is 5.87. The quantitative estimate of drug-likeness (QED) is 0.813. The maximum atomic E-state index is 5.05. The van der Waals surface area contributed by atoms with Gasteiger partial charge in [-0.1, -0.05) is 45.0 Å². The Balaban J connectivity index is 2.19. The van der Waals surface area contributed by atoms with Gasteiger partial charge in [0.25, 0.3) is 0 Å². The van der Waals surface area contributed by atoms with Crippen molar-refractivity contribution in [2.75, 3.05) is 18.0 Å². The molecular weight excluding hydrogens is 244 g/mol. The summed E-state index contributed by atoms with van der Waals surface area (Å²) in [4.78, 5) is 7.48. The number of benzene rings is 1. The van der Waals surface area contributed by atoms with E-state index in [0.717, 1.165) is 25.3 Å². The molecule has 1 aromatic carbocycles. The Morgan fingerprint density at radius 1 is 1.15 bits per heavy atom. The van der Waals surface area contributed by atoms with E-state index in [1.54, 1.807) is 0 Å². The summed E-state index contributed by atoms with van der Waals surface area (Å²) < 4.78 is 0. The number of rotatable bonds is 3. The van der Waals surface area contributed by atoms with Crippen LogP contribution in [0.2, 0.25) is 0 Å². The topological polar surface area (TPSA) is 16.1 Å². The molecule has 0 aliphatic carbocycles. The molecule has 3 rings (SSSR count). The second kappa shape index (κ2) is 5.08. The van der Waals surface area contributed by atoms with E-state index in [1.807, 2.05) is 0 Å². The Morgan fingerprint density at radius 2 is 1.85 bits per heavy atom. The van der Waals surface area contributed by atoms with Crippen molar-refractivity contribution in [1.29, 1.82) is 0 Å². The molecular formula is C18H24N2. The molecule has 0 saturated carbocycles. The van der Waals surface area contributed by atoms with Gasteiger partial charge in [-0.05, 0) is 30.7 Å². The Hall–Kier alpha value is -1.57. The van der Waals surface area contributed by atoms with Gasteiger partial charge in [0, 0.05) is 23.9 Å². The van der Waals surface area contributed by atoms with Crippen LogP contribution in [0.15, 0.2) is 30.3 Å². The van der Waals surface area contributed by atoms with Crippen LogP contribution in [0.3, 0.4) is 0 Å². The van der Waals surface area contributed by atoms with Gasteiger partial charge < -0.3 is 4.90 Å². The molecule has 106 valence electrons. The number of hydrogen-bond acceptors (Lipinski definition) is 2. The number of fused-ring (bicyclic) bond motifs is 1. The number of pyridine rings is 1. The minimum atomic E-state index is 0.120. The second-order valence-electron chi connectivity index (χ2n) is 6.48. The van der Waals surface area contributed by atoms with Gasteiger partial charge in [0.1, 0.15) is 5.82 Å². The van der Waals surface area contributed by atoms with Crippen molar-refractivity contribution in [2.45, 2.75) is 45.4 Å². The summed E-state index contributed by atoms with van der Waals surface area (Å²) >= 11 is 0. The molecule has 2 heterocycles. The molecule has 1 aliphatic rings. The zero-order valence-electron chi connectivity index (χ0n) is 12.8. The molecule has 2 nitrogen and oxygen atoms in total. The molecule has 1 saturated heterocycles. The number of anilines is 1. The van der Waals surface area contributed by atoms with Crippen LogP contribution in [0.1, 0.15) is 45.7 Å². The molecule has 1 aromatic heterocycles. The fourth-order valence-electron chi connectivity index (χ4n) is 2.98. The zero-order valence-corrected chi connectivity index (χ0v) is 12.8. The van der Waals surface area contributed by atoms with Crippen LogP contribution in [0, 0.1) is 0 Å². The van der Waals surface area contributed by atoms with Crippen LogP contribution in [-0.2, 0) is 5.41 Å². The standard InChI is InChI=1S/C18H24N2/c1-4-18(2,3)17-15-10-6-5-9-14(15)13-16(19-17)20-11-7-8-12-20/h5-6,9-10,13H,4,7-8,11-12H2,1-3H3. The number of nitrogens with zero attached hydrogens (tertiary/aromatic N) is 2. The summed E-state index contributed by atoms with van der Waals surface area (Å²) in [6.45, 7) is 9.15. The van der Waals surface area contributed by atoms with Gasteiger partial charge in [-0.3, -0.25) is 0 Å².